The summed E-state index contributed by atoms with van der Waals surface area (Å²) in [4.78, 5) is 29.4. The minimum Gasteiger partial charge on any atom is -0.354 e. The van der Waals surface area contributed by atoms with Crippen molar-refractivity contribution in [1.82, 2.24) is 5.32 Å². The molecule has 0 aliphatic carbocycles. The Balaban J connectivity index is 1.75. The molecule has 2 amide bonds. The summed E-state index contributed by atoms with van der Waals surface area (Å²) in [5, 5.41) is 2.98. The summed E-state index contributed by atoms with van der Waals surface area (Å²) < 4.78 is 24.9. The van der Waals surface area contributed by atoms with Crippen LogP contribution in [0.4, 0.5) is 10.1 Å². The lowest BCUT2D eigenvalue weighted by molar-refractivity contribution is -0.0974. The zero-order chi connectivity index (χ0) is 24.2. The van der Waals surface area contributed by atoms with Crippen LogP contribution in [0.15, 0.2) is 70.5 Å². The third-order valence-electron chi connectivity index (χ3n) is 5.43. The number of nitrogens with zero attached hydrogens (tertiary/aromatic N) is 1. The van der Waals surface area contributed by atoms with Crippen LogP contribution in [-0.2, 0) is 16.0 Å². The highest BCUT2D eigenvalue weighted by molar-refractivity contribution is 7.99. The van der Waals surface area contributed by atoms with E-state index in [1.54, 1.807) is 36.4 Å². The first-order chi connectivity index (χ1) is 16.4. The lowest BCUT2D eigenvalue weighted by Crippen LogP contribution is -2.34. The molecule has 9 heteroatoms. The summed E-state index contributed by atoms with van der Waals surface area (Å²) >= 11 is 7.69. The minimum atomic E-state index is -0.587. The number of ether oxygens (including phenoxy) is 2. The molecule has 0 bridgehead atoms. The Kier molecular flexibility index (Phi) is 7.53. The van der Waals surface area contributed by atoms with Gasteiger partial charge in [0.2, 0.25) is 0 Å². The van der Waals surface area contributed by atoms with Crippen LogP contribution in [0, 0.1) is 5.82 Å². The fraction of sp³-hybridized carbons (Fsp3) is 0.200. The predicted octanol–water partition coefficient (Wildman–Crippen LogP) is 5.14. The lowest BCUT2D eigenvalue weighted by Gasteiger charge is -2.24. The zero-order valence-electron chi connectivity index (χ0n) is 18.5. The summed E-state index contributed by atoms with van der Waals surface area (Å²) in [6.45, 7) is 0.0588. The molecule has 1 heterocycles. The molecule has 176 valence electrons. The van der Waals surface area contributed by atoms with Crippen LogP contribution in [-0.4, -0.2) is 38.9 Å². The van der Waals surface area contributed by atoms with Gasteiger partial charge in [0, 0.05) is 40.2 Å². The Hall–Kier alpha value is -2.91. The maximum Gasteiger partial charge on any atom is 0.259 e. The molecule has 34 heavy (non-hydrogen) atoms. The maximum absolute atomic E-state index is 14.6. The molecule has 1 aliphatic heterocycles. The molecule has 3 aromatic rings. The van der Waals surface area contributed by atoms with Crippen LogP contribution in [0.1, 0.15) is 26.3 Å². The van der Waals surface area contributed by atoms with Crippen molar-refractivity contribution in [3.8, 4) is 0 Å². The number of hydrogen-bond acceptors (Lipinski definition) is 5. The third kappa shape index (κ3) is 4.95. The van der Waals surface area contributed by atoms with Gasteiger partial charge in [0.25, 0.3) is 11.8 Å². The molecular weight excluding hydrogens is 479 g/mol. The second kappa shape index (κ2) is 10.6. The molecule has 1 N–H and O–H groups in total. The topological polar surface area (TPSA) is 67.9 Å². The van der Waals surface area contributed by atoms with Gasteiger partial charge in [-0.2, -0.15) is 0 Å². The van der Waals surface area contributed by atoms with Gasteiger partial charge in [-0.15, -0.1) is 0 Å². The van der Waals surface area contributed by atoms with Gasteiger partial charge in [0.15, 0.2) is 6.29 Å². The van der Waals surface area contributed by atoms with Crippen molar-refractivity contribution in [3.05, 3.63) is 88.2 Å². The first kappa shape index (κ1) is 24.2. The van der Waals surface area contributed by atoms with Crippen molar-refractivity contribution in [3.63, 3.8) is 0 Å². The minimum absolute atomic E-state index is 0.0905. The number of hydrogen-bond donors (Lipinski definition) is 1. The molecule has 0 unspecified atom stereocenters. The molecular formula is C25H22ClFN2O4S. The molecule has 6 nitrogen and oxygen atoms in total. The summed E-state index contributed by atoms with van der Waals surface area (Å²) in [5.41, 5.74) is 1.53. The highest BCUT2D eigenvalue weighted by Gasteiger charge is 2.29. The van der Waals surface area contributed by atoms with Crippen molar-refractivity contribution in [1.29, 1.82) is 0 Å². The summed E-state index contributed by atoms with van der Waals surface area (Å²) in [6.07, 6.45) is -0.587. The number of methoxy groups -OCH3 is 2. The first-order valence-electron chi connectivity index (χ1n) is 10.4. The number of amides is 2. The predicted molar refractivity (Wildman–Crippen MR) is 129 cm³/mol. The summed E-state index contributed by atoms with van der Waals surface area (Å²) in [6, 6.07) is 16.7. The van der Waals surface area contributed by atoms with Gasteiger partial charge >= 0.3 is 0 Å². The van der Waals surface area contributed by atoms with Crippen molar-refractivity contribution >= 4 is 40.9 Å². The molecule has 0 spiro atoms. The molecule has 0 atom stereocenters. The van der Waals surface area contributed by atoms with E-state index in [4.69, 9.17) is 21.1 Å². The van der Waals surface area contributed by atoms with Crippen LogP contribution in [0.3, 0.4) is 0 Å². The smallest absolute Gasteiger partial charge is 0.259 e. The van der Waals surface area contributed by atoms with Crippen molar-refractivity contribution in [2.24, 2.45) is 0 Å². The average Bonchev–Trinajstić information content (AvgIpc) is 2.96. The molecule has 0 radical (unpaired) electrons. The fourth-order valence-corrected chi connectivity index (χ4v) is 4.88. The number of benzene rings is 3. The van der Waals surface area contributed by atoms with E-state index < -0.39 is 12.1 Å². The molecule has 1 aliphatic rings. The van der Waals surface area contributed by atoms with E-state index in [0.29, 0.717) is 16.8 Å². The third-order valence-corrected chi connectivity index (χ3v) is 6.92. The molecule has 4 rings (SSSR count). The van der Waals surface area contributed by atoms with E-state index >= 15 is 0 Å². The van der Waals surface area contributed by atoms with E-state index in [2.05, 4.69) is 5.32 Å². The van der Waals surface area contributed by atoms with Gasteiger partial charge in [-0.25, -0.2) is 4.39 Å². The molecule has 0 saturated carbocycles. The zero-order valence-corrected chi connectivity index (χ0v) is 20.1. The van der Waals surface area contributed by atoms with Crippen molar-refractivity contribution in [2.45, 2.75) is 22.6 Å². The number of rotatable bonds is 7. The second-order valence-corrected chi connectivity index (χ2v) is 8.97. The number of fused-ring (bicyclic) bond motifs is 2. The first-order valence-corrected chi connectivity index (χ1v) is 11.6. The van der Waals surface area contributed by atoms with E-state index in [1.807, 2.05) is 12.1 Å². The number of carbonyl (C=O) groups excluding carboxylic acids is 2. The Labute approximate surface area is 206 Å². The Morgan fingerprint density at radius 1 is 1.09 bits per heavy atom. The number of carbonyl (C=O) groups is 2. The largest absolute Gasteiger partial charge is 0.354 e. The highest BCUT2D eigenvalue weighted by Crippen LogP contribution is 2.42. The van der Waals surface area contributed by atoms with E-state index in [1.165, 1.54) is 43.0 Å². The van der Waals surface area contributed by atoms with Gasteiger partial charge < -0.3 is 19.7 Å². The fourth-order valence-electron chi connectivity index (χ4n) is 3.60. The number of halogens is 2. The van der Waals surface area contributed by atoms with Gasteiger partial charge in [0.05, 0.1) is 24.3 Å². The monoisotopic (exact) mass is 500 g/mol. The Morgan fingerprint density at radius 2 is 1.85 bits per heavy atom. The average molecular weight is 501 g/mol. The number of nitrogens with one attached hydrogen (secondary N) is 1. The quantitative estimate of drug-likeness (QED) is 0.455. The van der Waals surface area contributed by atoms with Gasteiger partial charge in [0.1, 0.15) is 5.82 Å². The van der Waals surface area contributed by atoms with Gasteiger partial charge in [-0.3, -0.25) is 9.59 Å². The molecule has 0 saturated heterocycles. The van der Waals surface area contributed by atoms with Crippen LogP contribution in [0.25, 0.3) is 0 Å². The summed E-state index contributed by atoms with van der Waals surface area (Å²) in [5.74, 6) is -1.17. The van der Waals surface area contributed by atoms with Crippen molar-refractivity contribution in [2.75, 3.05) is 25.7 Å². The SMILES string of the molecule is COC(CNC(=O)c1ccc2c(c1)N(Cc1c(F)cccc1Cl)C(=O)c1ccccc1S2)OC. The Bertz CT molecular complexity index is 1220. The molecule has 0 fully saturated rings. The van der Waals surface area contributed by atoms with E-state index in [0.717, 1.165) is 9.79 Å². The van der Waals surface area contributed by atoms with Gasteiger partial charge in [-0.05, 0) is 42.5 Å². The summed E-state index contributed by atoms with van der Waals surface area (Å²) in [7, 11) is 2.96. The van der Waals surface area contributed by atoms with Crippen LogP contribution in [0.2, 0.25) is 5.02 Å². The molecule has 0 aromatic heterocycles. The second-order valence-electron chi connectivity index (χ2n) is 7.48. The standard InChI is InChI=1S/C25H22ClFN2O4S/c1-32-23(33-2)13-28-24(30)15-10-11-22-20(12-15)29(14-17-18(26)7-5-8-19(17)27)25(31)16-6-3-4-9-21(16)34-22/h3-12,23H,13-14H2,1-2H3,(H,28,30). The van der Waals surface area contributed by atoms with Crippen LogP contribution in [0.5, 0.6) is 0 Å². The van der Waals surface area contributed by atoms with Crippen molar-refractivity contribution < 1.29 is 23.5 Å². The van der Waals surface area contributed by atoms with Gasteiger partial charge in [-0.1, -0.05) is 41.6 Å². The lowest BCUT2D eigenvalue weighted by atomic mass is 10.1. The normalized spacial score (nSPS) is 12.9. The molecule has 3 aromatic carbocycles. The van der Waals surface area contributed by atoms with E-state index in [9.17, 15) is 14.0 Å². The number of anilines is 1. The van der Waals surface area contributed by atoms with E-state index in [-0.39, 0.29) is 35.5 Å². The maximum atomic E-state index is 14.6. The van der Waals surface area contributed by atoms with Crippen LogP contribution >= 0.6 is 23.4 Å². The van der Waals surface area contributed by atoms with Crippen LogP contribution < -0.4 is 10.2 Å². The highest BCUT2D eigenvalue weighted by atomic mass is 35.5. The Morgan fingerprint density at radius 3 is 2.59 bits per heavy atom.